The summed E-state index contributed by atoms with van der Waals surface area (Å²) in [5.41, 5.74) is 8.32. The highest BCUT2D eigenvalue weighted by Gasteiger charge is 2.36. The van der Waals surface area contributed by atoms with Crippen LogP contribution in [0.25, 0.3) is 33.0 Å². The summed E-state index contributed by atoms with van der Waals surface area (Å²) in [5, 5.41) is 2.60. The van der Waals surface area contributed by atoms with Crippen molar-refractivity contribution >= 4 is 33.4 Å². The molecule has 0 amide bonds. The summed E-state index contributed by atoms with van der Waals surface area (Å²) in [6.07, 6.45) is 0. The maximum absolute atomic E-state index is 2.38. The number of hydrogen-bond donors (Lipinski definition) is 0. The van der Waals surface area contributed by atoms with Crippen LogP contribution in [0.5, 0.6) is 0 Å². The summed E-state index contributed by atoms with van der Waals surface area (Å²) in [6.45, 7) is 4.67. The average Bonchev–Trinajstić information content (AvgIpc) is 2.89. The molecule has 0 heterocycles. The van der Waals surface area contributed by atoms with Gasteiger partial charge < -0.3 is 0 Å². The Balaban J connectivity index is 1.79. The van der Waals surface area contributed by atoms with Crippen LogP contribution in [0.1, 0.15) is 25.0 Å². The van der Waals surface area contributed by atoms with E-state index in [0.717, 1.165) is 0 Å². The zero-order valence-electron chi connectivity index (χ0n) is 14.9. The van der Waals surface area contributed by atoms with Gasteiger partial charge in [0, 0.05) is 8.99 Å². The third-order valence-corrected chi connectivity index (χ3v) is 6.39. The number of halogens is 1. The highest BCUT2D eigenvalue weighted by molar-refractivity contribution is 14.1. The van der Waals surface area contributed by atoms with E-state index in [-0.39, 0.29) is 5.41 Å². The smallest absolute Gasteiger partial charge is 0.0159 e. The summed E-state index contributed by atoms with van der Waals surface area (Å²) < 4.78 is 1.28. The van der Waals surface area contributed by atoms with E-state index in [2.05, 4.69) is 115 Å². The monoisotopic (exact) mass is 446 g/mol. The van der Waals surface area contributed by atoms with E-state index in [0.29, 0.717) is 0 Å². The second-order valence-electron chi connectivity index (χ2n) is 7.60. The van der Waals surface area contributed by atoms with Gasteiger partial charge in [-0.1, -0.05) is 74.5 Å². The molecular weight excluding hydrogens is 427 g/mol. The molecule has 0 radical (unpaired) electrons. The van der Waals surface area contributed by atoms with Crippen molar-refractivity contribution in [1.29, 1.82) is 0 Å². The first-order valence-electron chi connectivity index (χ1n) is 8.99. The van der Waals surface area contributed by atoms with Crippen LogP contribution in [-0.4, -0.2) is 0 Å². The number of fused-ring (bicyclic) bond motifs is 4. The number of rotatable bonds is 1. The normalized spacial score (nSPS) is 14.3. The molecule has 0 fully saturated rings. The highest BCUT2D eigenvalue weighted by Crippen LogP contribution is 2.51. The molecule has 0 aliphatic heterocycles. The van der Waals surface area contributed by atoms with Crippen molar-refractivity contribution in [1.82, 2.24) is 0 Å². The van der Waals surface area contributed by atoms with Crippen molar-refractivity contribution in [3.05, 3.63) is 93.6 Å². The molecule has 0 spiro atoms. The van der Waals surface area contributed by atoms with Crippen LogP contribution in [0.15, 0.2) is 78.9 Å². The van der Waals surface area contributed by atoms with Crippen LogP contribution in [0.4, 0.5) is 0 Å². The van der Waals surface area contributed by atoms with Gasteiger partial charge in [0.05, 0.1) is 0 Å². The lowest BCUT2D eigenvalue weighted by Gasteiger charge is -2.21. The molecule has 0 unspecified atom stereocenters. The van der Waals surface area contributed by atoms with E-state index in [1.807, 2.05) is 0 Å². The first kappa shape index (κ1) is 16.1. The van der Waals surface area contributed by atoms with E-state index < -0.39 is 0 Å². The fourth-order valence-electron chi connectivity index (χ4n) is 4.38. The largest absolute Gasteiger partial charge is 0.0619 e. The van der Waals surface area contributed by atoms with Gasteiger partial charge in [0.1, 0.15) is 0 Å². The van der Waals surface area contributed by atoms with Gasteiger partial charge in [0.15, 0.2) is 0 Å². The first-order valence-corrected chi connectivity index (χ1v) is 10.1. The van der Waals surface area contributed by atoms with Crippen LogP contribution in [0, 0.1) is 3.57 Å². The topological polar surface area (TPSA) is 0 Å². The molecule has 1 aliphatic rings. The quantitative estimate of drug-likeness (QED) is 0.267. The van der Waals surface area contributed by atoms with Crippen LogP contribution >= 0.6 is 22.6 Å². The molecule has 5 rings (SSSR count). The molecular formula is C25H19I. The minimum absolute atomic E-state index is 0.0505. The molecule has 0 aromatic heterocycles. The Hall–Kier alpha value is -2.13. The van der Waals surface area contributed by atoms with Crippen LogP contribution in [-0.2, 0) is 5.41 Å². The fraction of sp³-hybridized carbons (Fsp3) is 0.120. The van der Waals surface area contributed by atoms with Crippen molar-refractivity contribution < 1.29 is 0 Å². The van der Waals surface area contributed by atoms with E-state index in [1.165, 1.54) is 47.7 Å². The lowest BCUT2D eigenvalue weighted by atomic mass is 9.82. The molecule has 4 aromatic rings. The number of benzene rings is 4. The van der Waals surface area contributed by atoms with Crippen LogP contribution in [0.3, 0.4) is 0 Å². The molecule has 26 heavy (non-hydrogen) atoms. The zero-order valence-corrected chi connectivity index (χ0v) is 17.0. The Bertz CT molecular complexity index is 1170. The predicted molar refractivity (Wildman–Crippen MR) is 120 cm³/mol. The Labute approximate surface area is 168 Å². The van der Waals surface area contributed by atoms with Gasteiger partial charge in [0.25, 0.3) is 0 Å². The summed E-state index contributed by atoms with van der Waals surface area (Å²) in [4.78, 5) is 0. The maximum Gasteiger partial charge on any atom is 0.0159 e. The molecule has 126 valence electrons. The minimum Gasteiger partial charge on any atom is -0.0619 e. The van der Waals surface area contributed by atoms with Gasteiger partial charge in [-0.25, -0.2) is 0 Å². The van der Waals surface area contributed by atoms with Gasteiger partial charge in [0.2, 0.25) is 0 Å². The van der Waals surface area contributed by atoms with Gasteiger partial charge in [-0.15, -0.1) is 0 Å². The van der Waals surface area contributed by atoms with Crippen molar-refractivity contribution in [2.45, 2.75) is 19.3 Å². The van der Waals surface area contributed by atoms with Crippen molar-refractivity contribution in [2.75, 3.05) is 0 Å². The third-order valence-electron chi connectivity index (χ3n) is 5.72. The molecule has 0 N–H and O–H groups in total. The lowest BCUT2D eigenvalue weighted by molar-refractivity contribution is 0.660. The highest BCUT2D eigenvalue weighted by atomic mass is 127. The summed E-state index contributed by atoms with van der Waals surface area (Å²) >= 11 is 2.38. The molecule has 1 heteroatoms. The second-order valence-corrected chi connectivity index (χ2v) is 8.85. The minimum atomic E-state index is 0.0505. The Morgan fingerprint density at radius 2 is 1.35 bits per heavy atom. The molecule has 4 aromatic carbocycles. The third kappa shape index (κ3) is 2.26. The Morgan fingerprint density at radius 3 is 2.23 bits per heavy atom. The van der Waals surface area contributed by atoms with Crippen molar-refractivity contribution in [3.8, 4) is 22.3 Å². The maximum atomic E-state index is 2.38. The molecule has 0 saturated heterocycles. The van der Waals surface area contributed by atoms with Gasteiger partial charge in [-0.3, -0.25) is 0 Å². The van der Waals surface area contributed by atoms with E-state index >= 15 is 0 Å². The van der Waals surface area contributed by atoms with Crippen LogP contribution in [0.2, 0.25) is 0 Å². The lowest BCUT2D eigenvalue weighted by Crippen LogP contribution is -2.14. The summed E-state index contributed by atoms with van der Waals surface area (Å²) in [7, 11) is 0. The standard InChI is InChI=1S/C25H19I/c1-25(2)22-8-4-3-6-21(22)24-20(7-5-9-23(24)25)18-11-10-17-15-19(26)13-12-16(17)14-18/h3-15H,1-2H3. The second kappa shape index (κ2) is 5.68. The molecule has 0 nitrogen and oxygen atoms in total. The van der Waals surface area contributed by atoms with E-state index in [1.54, 1.807) is 0 Å². The first-order chi connectivity index (χ1) is 12.6. The van der Waals surface area contributed by atoms with Gasteiger partial charge in [-0.05, 0) is 84.9 Å². The van der Waals surface area contributed by atoms with Crippen molar-refractivity contribution in [3.63, 3.8) is 0 Å². The van der Waals surface area contributed by atoms with Crippen LogP contribution < -0.4 is 0 Å². The molecule has 0 saturated carbocycles. The summed E-state index contributed by atoms with van der Waals surface area (Å²) in [5.74, 6) is 0. The van der Waals surface area contributed by atoms with Crippen molar-refractivity contribution in [2.24, 2.45) is 0 Å². The molecule has 0 atom stereocenters. The SMILES string of the molecule is CC1(C)c2ccccc2-c2c(-c3ccc4cc(I)ccc4c3)cccc21. The zero-order chi connectivity index (χ0) is 17.9. The molecule has 0 bridgehead atoms. The average molecular weight is 446 g/mol. The van der Waals surface area contributed by atoms with E-state index in [9.17, 15) is 0 Å². The molecule has 1 aliphatic carbocycles. The van der Waals surface area contributed by atoms with Gasteiger partial charge in [-0.2, -0.15) is 0 Å². The summed E-state index contributed by atoms with van der Waals surface area (Å²) in [6, 6.07) is 29.1. The van der Waals surface area contributed by atoms with Gasteiger partial charge >= 0.3 is 0 Å². The fourth-order valence-corrected chi connectivity index (χ4v) is 4.89. The number of hydrogen-bond acceptors (Lipinski definition) is 0. The Morgan fingerprint density at radius 1 is 0.654 bits per heavy atom. The van der Waals surface area contributed by atoms with E-state index in [4.69, 9.17) is 0 Å². The Kier molecular flexibility index (Phi) is 3.51. The predicted octanol–water partition coefficient (Wildman–Crippen LogP) is 7.42.